The Morgan fingerprint density at radius 3 is 3.00 bits per heavy atom. The van der Waals surface area contributed by atoms with E-state index in [1.54, 1.807) is 24.6 Å². The van der Waals surface area contributed by atoms with E-state index in [9.17, 15) is 4.79 Å². The van der Waals surface area contributed by atoms with Crippen LogP contribution < -0.4 is 10.1 Å². The molecule has 0 saturated heterocycles. The number of hydrogen-bond acceptors (Lipinski definition) is 5. The van der Waals surface area contributed by atoms with Crippen LogP contribution in [0.1, 0.15) is 27.9 Å². The smallest absolute Gasteiger partial charge is 0.235 e. The Labute approximate surface area is 168 Å². The fourth-order valence-corrected chi connectivity index (χ4v) is 4.58. The number of hydrogen-bond donors (Lipinski definition) is 1. The number of ether oxygens (including phenoxy) is 1. The van der Waals surface area contributed by atoms with Crippen molar-refractivity contribution in [3.63, 3.8) is 0 Å². The summed E-state index contributed by atoms with van der Waals surface area (Å²) in [6.45, 7) is 2.10. The van der Waals surface area contributed by atoms with Crippen molar-refractivity contribution in [3.05, 3.63) is 69.9 Å². The summed E-state index contributed by atoms with van der Waals surface area (Å²) >= 11 is 1.81. The van der Waals surface area contributed by atoms with Crippen LogP contribution in [0.4, 0.5) is 0 Å². The average Bonchev–Trinajstić information content (AvgIpc) is 3.34. The summed E-state index contributed by atoms with van der Waals surface area (Å²) in [5, 5.41) is 5.31. The molecule has 28 heavy (non-hydrogen) atoms. The van der Waals surface area contributed by atoms with Crippen molar-refractivity contribution in [1.82, 2.24) is 19.8 Å². The van der Waals surface area contributed by atoms with Gasteiger partial charge in [-0.15, -0.1) is 11.3 Å². The molecule has 2 aromatic heterocycles. The predicted octanol–water partition coefficient (Wildman–Crippen LogP) is 2.75. The number of aryl methyl sites for hydroxylation is 1. The topological polar surface area (TPSA) is 59.4 Å². The maximum absolute atomic E-state index is 12.9. The van der Waals surface area contributed by atoms with Gasteiger partial charge >= 0.3 is 0 Å². The van der Waals surface area contributed by atoms with Gasteiger partial charge in [-0.05, 0) is 29.5 Å². The highest BCUT2D eigenvalue weighted by Crippen LogP contribution is 2.29. The number of thiophene rings is 1. The van der Waals surface area contributed by atoms with Gasteiger partial charge in [0.05, 0.1) is 13.7 Å². The lowest BCUT2D eigenvalue weighted by atomic mass is 10.0. The van der Waals surface area contributed by atoms with Crippen molar-refractivity contribution in [2.45, 2.75) is 19.0 Å². The van der Waals surface area contributed by atoms with Crippen molar-refractivity contribution in [2.75, 3.05) is 20.2 Å². The number of amides is 1. The summed E-state index contributed by atoms with van der Waals surface area (Å²) in [4.78, 5) is 21.0. The molecule has 146 valence electrons. The van der Waals surface area contributed by atoms with Crippen molar-refractivity contribution < 1.29 is 9.53 Å². The zero-order valence-corrected chi connectivity index (χ0v) is 16.9. The predicted molar refractivity (Wildman–Crippen MR) is 109 cm³/mol. The minimum Gasteiger partial charge on any atom is -0.496 e. The van der Waals surface area contributed by atoms with Crippen LogP contribution in [0.5, 0.6) is 5.75 Å². The number of aromatic nitrogens is 2. The summed E-state index contributed by atoms with van der Waals surface area (Å²) in [5.74, 6) is 1.49. The molecule has 0 bridgehead atoms. The van der Waals surface area contributed by atoms with E-state index in [1.807, 2.05) is 42.1 Å². The average molecular weight is 397 g/mol. The molecule has 1 aliphatic rings. The highest BCUT2D eigenvalue weighted by Gasteiger charge is 2.25. The van der Waals surface area contributed by atoms with E-state index < -0.39 is 0 Å². The second-order valence-corrected chi connectivity index (χ2v) is 7.97. The normalized spacial score (nSPS) is 15.1. The van der Waals surface area contributed by atoms with E-state index in [-0.39, 0.29) is 11.9 Å². The van der Waals surface area contributed by atoms with E-state index >= 15 is 0 Å². The van der Waals surface area contributed by atoms with Crippen LogP contribution in [0.2, 0.25) is 0 Å². The Hall–Kier alpha value is -2.64. The molecule has 0 fully saturated rings. The molecule has 0 spiro atoms. The zero-order valence-electron chi connectivity index (χ0n) is 16.1. The van der Waals surface area contributed by atoms with Gasteiger partial charge in [0, 0.05) is 43.0 Å². The van der Waals surface area contributed by atoms with E-state index in [0.29, 0.717) is 6.54 Å². The molecule has 0 saturated carbocycles. The van der Waals surface area contributed by atoms with E-state index in [4.69, 9.17) is 4.74 Å². The van der Waals surface area contributed by atoms with Crippen molar-refractivity contribution in [1.29, 1.82) is 0 Å². The third kappa shape index (κ3) is 3.81. The Morgan fingerprint density at radius 2 is 2.21 bits per heavy atom. The monoisotopic (exact) mass is 396 g/mol. The first-order valence-corrected chi connectivity index (χ1v) is 10.2. The maximum Gasteiger partial charge on any atom is 0.235 e. The van der Waals surface area contributed by atoms with Crippen LogP contribution in [0.25, 0.3) is 0 Å². The first-order chi connectivity index (χ1) is 13.7. The number of nitrogens with one attached hydrogen (secondary N) is 1. The minimum atomic E-state index is -0.370. The minimum absolute atomic E-state index is 0.0161. The molecule has 1 atom stereocenters. The van der Waals surface area contributed by atoms with Crippen molar-refractivity contribution >= 4 is 17.2 Å². The van der Waals surface area contributed by atoms with E-state index in [1.165, 1.54) is 10.4 Å². The summed E-state index contributed by atoms with van der Waals surface area (Å²) in [6, 6.07) is 9.53. The van der Waals surface area contributed by atoms with Crippen molar-refractivity contribution in [3.8, 4) is 5.75 Å². The van der Waals surface area contributed by atoms with Gasteiger partial charge in [-0.25, -0.2) is 4.98 Å². The van der Waals surface area contributed by atoms with Gasteiger partial charge in [0.15, 0.2) is 0 Å². The molecule has 1 aliphatic heterocycles. The standard InChI is InChI=1S/C21H24N4O2S/c1-24-11-9-22-21(24)20(16-5-3-4-6-17(16)27-2)23-19(26)14-25-10-7-18-15(13-25)8-12-28-18/h3-6,8-9,11-12,20H,7,10,13-14H2,1-2H3,(H,23,26)/t20-/m1/s1. The number of carbonyl (C=O) groups excluding carboxylic acids is 1. The van der Waals surface area contributed by atoms with Gasteiger partial charge in [-0.2, -0.15) is 0 Å². The van der Waals surface area contributed by atoms with Gasteiger partial charge in [0.25, 0.3) is 0 Å². The van der Waals surface area contributed by atoms with Gasteiger partial charge in [0.1, 0.15) is 17.6 Å². The lowest BCUT2D eigenvalue weighted by Gasteiger charge is -2.27. The van der Waals surface area contributed by atoms with Crippen LogP contribution in [-0.2, 0) is 24.8 Å². The van der Waals surface area contributed by atoms with Gasteiger partial charge in [0.2, 0.25) is 5.91 Å². The number of benzene rings is 1. The quantitative estimate of drug-likeness (QED) is 0.696. The second-order valence-electron chi connectivity index (χ2n) is 6.97. The molecular formula is C21H24N4O2S. The Bertz CT molecular complexity index is 965. The van der Waals surface area contributed by atoms with Crippen LogP contribution in [0.3, 0.4) is 0 Å². The fourth-order valence-electron chi connectivity index (χ4n) is 3.69. The Morgan fingerprint density at radius 1 is 1.36 bits per heavy atom. The van der Waals surface area contributed by atoms with Crippen LogP contribution in [0.15, 0.2) is 48.1 Å². The molecule has 4 rings (SSSR count). The number of nitrogens with zero attached hydrogens (tertiary/aromatic N) is 3. The highest BCUT2D eigenvalue weighted by molar-refractivity contribution is 7.10. The van der Waals surface area contributed by atoms with Crippen LogP contribution >= 0.6 is 11.3 Å². The Kier molecular flexibility index (Phi) is 5.45. The van der Waals surface area contributed by atoms with Crippen LogP contribution in [-0.4, -0.2) is 40.6 Å². The van der Waals surface area contributed by atoms with Crippen molar-refractivity contribution in [2.24, 2.45) is 7.05 Å². The molecule has 0 aliphatic carbocycles. The van der Waals surface area contributed by atoms with E-state index in [0.717, 1.165) is 36.6 Å². The molecule has 1 amide bonds. The molecular weight excluding hydrogens is 372 g/mol. The molecule has 7 heteroatoms. The zero-order chi connectivity index (χ0) is 19.5. The molecule has 3 heterocycles. The second kappa shape index (κ2) is 8.16. The number of fused-ring (bicyclic) bond motifs is 1. The first kappa shape index (κ1) is 18.7. The SMILES string of the molecule is COc1ccccc1[C@@H](NC(=O)CN1CCc2sccc2C1)c1nccn1C. The van der Waals surface area contributed by atoms with Gasteiger partial charge in [-0.1, -0.05) is 18.2 Å². The summed E-state index contributed by atoms with van der Waals surface area (Å²) in [6.07, 6.45) is 4.63. The molecule has 1 N–H and O–H groups in total. The number of para-hydroxylation sites is 1. The Balaban J connectivity index is 1.53. The lowest BCUT2D eigenvalue weighted by molar-refractivity contribution is -0.123. The molecule has 3 aromatic rings. The number of carbonyl (C=O) groups is 1. The summed E-state index contributed by atoms with van der Waals surface area (Å²) in [7, 11) is 3.57. The molecule has 1 aromatic carbocycles. The van der Waals surface area contributed by atoms with Gasteiger partial charge < -0.3 is 14.6 Å². The van der Waals surface area contributed by atoms with Crippen LogP contribution in [0, 0.1) is 0 Å². The third-order valence-electron chi connectivity index (χ3n) is 5.13. The fraction of sp³-hybridized carbons (Fsp3) is 0.333. The maximum atomic E-state index is 12.9. The van der Waals surface area contributed by atoms with E-state index in [2.05, 4.69) is 26.6 Å². The highest BCUT2D eigenvalue weighted by atomic mass is 32.1. The molecule has 0 radical (unpaired) electrons. The number of methoxy groups -OCH3 is 1. The number of rotatable bonds is 6. The lowest BCUT2D eigenvalue weighted by Crippen LogP contribution is -2.41. The molecule has 6 nitrogen and oxygen atoms in total. The van der Waals surface area contributed by atoms with Gasteiger partial charge in [-0.3, -0.25) is 9.69 Å². The number of imidazole rings is 1. The summed E-state index contributed by atoms with van der Waals surface area (Å²) in [5.41, 5.74) is 2.24. The first-order valence-electron chi connectivity index (χ1n) is 9.33. The third-order valence-corrected chi connectivity index (χ3v) is 6.15. The largest absolute Gasteiger partial charge is 0.496 e. The summed E-state index contributed by atoms with van der Waals surface area (Å²) < 4.78 is 7.45. The molecule has 0 unspecified atom stereocenters.